The molecule has 0 aliphatic rings. The van der Waals surface area contributed by atoms with Gasteiger partial charge in [-0.3, -0.25) is 0 Å². The van der Waals surface area contributed by atoms with Gasteiger partial charge < -0.3 is 18.9 Å². The monoisotopic (exact) mass is 526 g/mol. The van der Waals surface area contributed by atoms with Gasteiger partial charge in [0.05, 0.1) is 11.1 Å². The molecule has 8 nitrogen and oxygen atoms in total. The fraction of sp³-hybridized carbons (Fsp3) is 0. The third kappa shape index (κ3) is 7.87. The van der Waals surface area contributed by atoms with Crippen molar-refractivity contribution in [1.82, 2.24) is 0 Å². The van der Waals surface area contributed by atoms with Gasteiger partial charge in [-0.2, -0.15) is 0 Å². The van der Waals surface area contributed by atoms with Gasteiger partial charge in [-0.25, -0.2) is 23.6 Å². The summed E-state index contributed by atoms with van der Waals surface area (Å²) in [6.45, 7) is 9.92. The van der Waals surface area contributed by atoms with Gasteiger partial charge in [-0.1, -0.05) is 31.6 Å². The molecule has 0 aromatic heterocycles. The first-order valence-corrected chi connectivity index (χ1v) is 11.0. The van der Waals surface area contributed by atoms with Gasteiger partial charge in [0, 0.05) is 35.9 Å². The van der Waals surface area contributed by atoms with Gasteiger partial charge in [0.2, 0.25) is 0 Å². The van der Waals surface area contributed by atoms with E-state index < -0.39 is 29.7 Å². The molecule has 3 aromatic rings. The van der Waals surface area contributed by atoms with Gasteiger partial charge in [0.25, 0.3) is 0 Å². The Morgan fingerprint density at radius 1 is 0.641 bits per heavy atom. The highest BCUT2D eigenvalue weighted by atomic mass is 19.1. The molecule has 0 fully saturated rings. The second-order valence-electron chi connectivity index (χ2n) is 7.34. The van der Waals surface area contributed by atoms with E-state index in [0.29, 0.717) is 5.56 Å². The van der Waals surface area contributed by atoms with Crippen molar-refractivity contribution < 1.29 is 42.5 Å². The van der Waals surface area contributed by atoms with Crippen LogP contribution in [0.5, 0.6) is 23.0 Å². The summed E-state index contributed by atoms with van der Waals surface area (Å²) in [4.78, 5) is 47.1. The van der Waals surface area contributed by atoms with Crippen molar-refractivity contribution in [2.45, 2.75) is 0 Å². The third-order valence-corrected chi connectivity index (χ3v) is 4.67. The summed E-state index contributed by atoms with van der Waals surface area (Å²) in [6, 6.07) is 13.4. The van der Waals surface area contributed by atoms with Crippen LogP contribution in [0.1, 0.15) is 21.5 Å². The number of ether oxygens (including phenoxy) is 4. The van der Waals surface area contributed by atoms with Gasteiger partial charge in [-0.15, -0.1) is 0 Å². The number of rotatable bonds is 8. The van der Waals surface area contributed by atoms with E-state index in [4.69, 9.17) is 18.9 Å². The van der Waals surface area contributed by atoms with Crippen molar-refractivity contribution in [1.29, 1.82) is 0 Å². The fourth-order valence-corrected chi connectivity index (χ4v) is 2.82. The van der Waals surface area contributed by atoms with Crippen LogP contribution in [-0.4, -0.2) is 23.9 Å². The van der Waals surface area contributed by atoms with E-state index in [1.807, 2.05) is 0 Å². The van der Waals surface area contributed by atoms with E-state index in [1.165, 1.54) is 36.4 Å². The smallest absolute Gasteiger partial charge is 0.343 e. The van der Waals surface area contributed by atoms with Crippen molar-refractivity contribution in [3.8, 4) is 34.8 Å². The minimum absolute atomic E-state index is 0.0425. The van der Waals surface area contributed by atoms with Crippen LogP contribution in [0.4, 0.5) is 4.39 Å². The number of halogens is 1. The second kappa shape index (κ2) is 13.0. The Labute approximate surface area is 222 Å². The molecule has 9 heteroatoms. The summed E-state index contributed by atoms with van der Waals surface area (Å²) in [6.07, 6.45) is 2.88. The lowest BCUT2D eigenvalue weighted by molar-refractivity contribution is -0.129. The SMILES string of the molecule is C=CC(=O)Oc1ccc(C#Cc2cc(OC(=O)C=C)c(OC(=O)c3ccc(OC(=O)C=C)cc3)cc2F)cc1. The van der Waals surface area contributed by atoms with Crippen LogP contribution >= 0.6 is 0 Å². The molecule has 194 valence electrons. The molecular formula is C30H19FO8. The molecule has 3 rings (SSSR count). The predicted octanol–water partition coefficient (Wildman–Crippen LogP) is 4.72. The summed E-state index contributed by atoms with van der Waals surface area (Å²) in [7, 11) is 0. The first kappa shape index (κ1) is 27.8. The zero-order valence-corrected chi connectivity index (χ0v) is 20.3. The minimum atomic E-state index is -0.900. The minimum Gasteiger partial charge on any atom is -0.423 e. The van der Waals surface area contributed by atoms with Gasteiger partial charge in [0.15, 0.2) is 11.5 Å². The first-order chi connectivity index (χ1) is 18.7. The Hall–Kier alpha value is -5.75. The topological polar surface area (TPSA) is 105 Å². The fourth-order valence-electron chi connectivity index (χ4n) is 2.82. The number of hydrogen-bond donors (Lipinski definition) is 0. The Balaban J connectivity index is 1.85. The van der Waals surface area contributed by atoms with Crippen molar-refractivity contribution in [3.05, 3.63) is 121 Å². The van der Waals surface area contributed by atoms with Crippen LogP contribution in [0, 0.1) is 17.7 Å². The lowest BCUT2D eigenvalue weighted by Crippen LogP contribution is -2.12. The molecule has 0 N–H and O–H groups in total. The van der Waals surface area contributed by atoms with E-state index in [-0.39, 0.29) is 34.1 Å². The standard InChI is InChI=1S/C30H19FO8/c1-4-27(32)36-22-13-8-19(9-14-22)7-10-21-17-25(38-29(34)6-3)26(18-24(21)31)39-30(35)20-11-15-23(16-12-20)37-28(33)5-2/h4-6,8-9,11-18H,1-3H2. The molecular weight excluding hydrogens is 507 g/mol. The molecule has 0 aliphatic heterocycles. The highest BCUT2D eigenvalue weighted by molar-refractivity contribution is 5.92. The molecule has 0 saturated heterocycles. The number of esters is 4. The highest BCUT2D eigenvalue weighted by Gasteiger charge is 2.18. The molecule has 0 saturated carbocycles. The van der Waals surface area contributed by atoms with Crippen molar-refractivity contribution in [2.75, 3.05) is 0 Å². The van der Waals surface area contributed by atoms with Crippen LogP contribution in [0.3, 0.4) is 0 Å². The first-order valence-electron chi connectivity index (χ1n) is 11.0. The molecule has 3 aromatic carbocycles. The Kier molecular flexibility index (Phi) is 9.27. The zero-order valence-electron chi connectivity index (χ0n) is 20.3. The molecule has 0 unspecified atom stereocenters. The number of benzene rings is 3. The summed E-state index contributed by atoms with van der Waals surface area (Å²) >= 11 is 0. The summed E-state index contributed by atoms with van der Waals surface area (Å²) in [5.41, 5.74) is 0.355. The Bertz CT molecular complexity index is 1520. The van der Waals surface area contributed by atoms with Gasteiger partial charge in [0.1, 0.15) is 17.3 Å². The van der Waals surface area contributed by atoms with E-state index in [9.17, 15) is 23.6 Å². The number of carbonyl (C=O) groups is 4. The second-order valence-corrected chi connectivity index (χ2v) is 7.34. The Morgan fingerprint density at radius 3 is 1.67 bits per heavy atom. The van der Waals surface area contributed by atoms with E-state index in [1.54, 1.807) is 12.1 Å². The van der Waals surface area contributed by atoms with Crippen molar-refractivity contribution in [2.24, 2.45) is 0 Å². The average molecular weight is 526 g/mol. The normalized spacial score (nSPS) is 9.67. The lowest BCUT2D eigenvalue weighted by atomic mass is 10.1. The maximum Gasteiger partial charge on any atom is 0.343 e. The van der Waals surface area contributed by atoms with Gasteiger partial charge >= 0.3 is 23.9 Å². The third-order valence-electron chi connectivity index (χ3n) is 4.67. The molecule has 0 amide bonds. The predicted molar refractivity (Wildman–Crippen MR) is 138 cm³/mol. The molecule has 0 heterocycles. The average Bonchev–Trinajstić information content (AvgIpc) is 2.94. The van der Waals surface area contributed by atoms with Crippen LogP contribution in [0.15, 0.2) is 98.6 Å². The molecule has 0 aliphatic carbocycles. The quantitative estimate of drug-likeness (QED) is 0.180. The summed E-state index contributed by atoms with van der Waals surface area (Å²) in [5.74, 6) is 1.20. The molecule has 0 bridgehead atoms. The van der Waals surface area contributed by atoms with Crippen LogP contribution in [0.25, 0.3) is 0 Å². The van der Waals surface area contributed by atoms with Gasteiger partial charge in [-0.05, 0) is 48.5 Å². The van der Waals surface area contributed by atoms with Crippen molar-refractivity contribution in [3.63, 3.8) is 0 Å². The van der Waals surface area contributed by atoms with Crippen molar-refractivity contribution >= 4 is 23.9 Å². The summed E-state index contributed by atoms with van der Waals surface area (Å²) < 4.78 is 35.2. The maximum atomic E-state index is 14.9. The van der Waals surface area contributed by atoms with Crippen LogP contribution in [-0.2, 0) is 14.4 Å². The van der Waals surface area contributed by atoms with Crippen LogP contribution in [0.2, 0.25) is 0 Å². The highest BCUT2D eigenvalue weighted by Crippen LogP contribution is 2.31. The van der Waals surface area contributed by atoms with E-state index in [0.717, 1.165) is 30.4 Å². The Morgan fingerprint density at radius 2 is 1.13 bits per heavy atom. The molecule has 0 radical (unpaired) electrons. The number of hydrogen-bond acceptors (Lipinski definition) is 8. The number of carbonyl (C=O) groups excluding carboxylic acids is 4. The summed E-state index contributed by atoms with van der Waals surface area (Å²) in [5, 5.41) is 0. The largest absolute Gasteiger partial charge is 0.423 e. The maximum absolute atomic E-state index is 14.9. The molecule has 0 spiro atoms. The lowest BCUT2D eigenvalue weighted by Gasteiger charge is -2.11. The van der Waals surface area contributed by atoms with E-state index in [2.05, 4.69) is 31.6 Å². The van der Waals surface area contributed by atoms with Crippen LogP contribution < -0.4 is 18.9 Å². The molecule has 0 atom stereocenters. The van der Waals surface area contributed by atoms with E-state index >= 15 is 0 Å². The molecule has 39 heavy (non-hydrogen) atoms. The zero-order chi connectivity index (χ0) is 28.4.